The number of methoxy groups -OCH3 is 1. The van der Waals surface area contributed by atoms with Crippen molar-refractivity contribution in [2.24, 2.45) is 5.73 Å². The van der Waals surface area contributed by atoms with E-state index in [0.29, 0.717) is 22.6 Å². The van der Waals surface area contributed by atoms with Crippen molar-refractivity contribution in [2.75, 3.05) is 7.11 Å². The van der Waals surface area contributed by atoms with E-state index in [1.807, 2.05) is 24.3 Å². The number of carbonyl (C=O) groups is 1. The fourth-order valence-corrected chi connectivity index (χ4v) is 1.96. The van der Waals surface area contributed by atoms with Crippen LogP contribution in [-0.2, 0) is 6.42 Å². The number of para-hydroxylation sites is 1. The van der Waals surface area contributed by atoms with Crippen molar-refractivity contribution in [2.45, 2.75) is 6.42 Å². The predicted molar refractivity (Wildman–Crippen MR) is 74.1 cm³/mol. The number of amides is 1. The van der Waals surface area contributed by atoms with Gasteiger partial charge in [-0.05, 0) is 12.1 Å². The third-order valence-electron chi connectivity index (χ3n) is 2.88. The topological polar surface area (TPSA) is 89.0 Å². The number of nitriles is 1. The van der Waals surface area contributed by atoms with Crippen LogP contribution < -0.4 is 10.5 Å². The standard InChI is InChI=1S/C15H13N3O2/c1-20-14-5-3-2-4-11(14)13-9-18-10(6-7-16)8-12(13)15(17)19/h2-5,8-9H,6H2,1H3,(H2,17,19). The molecule has 0 bridgehead atoms. The molecule has 0 unspecified atom stereocenters. The van der Waals surface area contributed by atoms with Gasteiger partial charge >= 0.3 is 0 Å². The van der Waals surface area contributed by atoms with E-state index < -0.39 is 5.91 Å². The Morgan fingerprint density at radius 2 is 2.15 bits per heavy atom. The highest BCUT2D eigenvalue weighted by Gasteiger charge is 2.15. The number of nitrogens with two attached hydrogens (primary N) is 1. The molecule has 1 heterocycles. The van der Waals surface area contributed by atoms with Crippen LogP contribution >= 0.6 is 0 Å². The van der Waals surface area contributed by atoms with Crippen LogP contribution in [0.25, 0.3) is 11.1 Å². The molecular weight excluding hydrogens is 254 g/mol. The molecule has 2 rings (SSSR count). The predicted octanol–water partition coefficient (Wildman–Crippen LogP) is 1.92. The molecule has 1 aromatic heterocycles. The number of aromatic nitrogens is 1. The van der Waals surface area contributed by atoms with Crippen molar-refractivity contribution in [3.8, 4) is 22.9 Å². The number of nitrogens with zero attached hydrogens (tertiary/aromatic N) is 2. The first-order valence-electron chi connectivity index (χ1n) is 5.96. The van der Waals surface area contributed by atoms with E-state index in [-0.39, 0.29) is 6.42 Å². The van der Waals surface area contributed by atoms with Crippen LogP contribution in [0.3, 0.4) is 0 Å². The van der Waals surface area contributed by atoms with Gasteiger partial charge in [0.25, 0.3) is 0 Å². The number of benzene rings is 1. The van der Waals surface area contributed by atoms with Crippen molar-refractivity contribution in [3.63, 3.8) is 0 Å². The average Bonchev–Trinajstić information content (AvgIpc) is 2.47. The van der Waals surface area contributed by atoms with Crippen molar-refractivity contribution in [3.05, 3.63) is 47.8 Å². The number of rotatable bonds is 4. The van der Waals surface area contributed by atoms with Crippen LogP contribution in [0, 0.1) is 11.3 Å². The van der Waals surface area contributed by atoms with Crippen LogP contribution in [0.2, 0.25) is 0 Å². The van der Waals surface area contributed by atoms with Crippen molar-refractivity contribution < 1.29 is 9.53 Å². The molecule has 20 heavy (non-hydrogen) atoms. The lowest BCUT2D eigenvalue weighted by atomic mass is 9.99. The molecule has 0 aliphatic rings. The largest absolute Gasteiger partial charge is 0.496 e. The summed E-state index contributed by atoms with van der Waals surface area (Å²) in [6.45, 7) is 0. The van der Waals surface area contributed by atoms with Crippen molar-refractivity contribution >= 4 is 5.91 Å². The minimum Gasteiger partial charge on any atom is -0.496 e. The molecule has 0 atom stereocenters. The molecule has 0 spiro atoms. The highest BCUT2D eigenvalue weighted by Crippen LogP contribution is 2.31. The Kier molecular flexibility index (Phi) is 3.96. The van der Waals surface area contributed by atoms with Gasteiger partial charge in [0.1, 0.15) is 5.75 Å². The van der Waals surface area contributed by atoms with Gasteiger partial charge in [0.05, 0.1) is 30.9 Å². The number of carbonyl (C=O) groups excluding carboxylic acids is 1. The fourth-order valence-electron chi connectivity index (χ4n) is 1.96. The van der Waals surface area contributed by atoms with Crippen LogP contribution in [0.5, 0.6) is 5.75 Å². The first-order valence-corrected chi connectivity index (χ1v) is 5.96. The smallest absolute Gasteiger partial charge is 0.249 e. The Labute approximate surface area is 116 Å². The highest BCUT2D eigenvalue weighted by molar-refractivity contribution is 6.00. The third-order valence-corrected chi connectivity index (χ3v) is 2.88. The second kappa shape index (κ2) is 5.85. The van der Waals surface area contributed by atoms with Gasteiger partial charge < -0.3 is 10.5 Å². The van der Waals surface area contributed by atoms with Crippen LogP contribution in [0.4, 0.5) is 0 Å². The minimum absolute atomic E-state index is 0.131. The summed E-state index contributed by atoms with van der Waals surface area (Å²) >= 11 is 0. The number of hydrogen-bond acceptors (Lipinski definition) is 4. The number of primary amides is 1. The average molecular weight is 267 g/mol. The van der Waals surface area contributed by atoms with Crippen LogP contribution in [0.15, 0.2) is 36.5 Å². The molecule has 1 amide bonds. The Balaban J connectivity index is 2.62. The fraction of sp³-hybridized carbons (Fsp3) is 0.133. The molecule has 0 radical (unpaired) electrons. The molecule has 0 aliphatic heterocycles. The van der Waals surface area contributed by atoms with Gasteiger partial charge in [-0.25, -0.2) is 0 Å². The van der Waals surface area contributed by atoms with E-state index in [0.717, 1.165) is 5.56 Å². The SMILES string of the molecule is COc1ccccc1-c1cnc(CC#N)cc1C(N)=O. The lowest BCUT2D eigenvalue weighted by Gasteiger charge is -2.11. The van der Waals surface area contributed by atoms with Gasteiger partial charge in [-0.15, -0.1) is 0 Å². The zero-order valence-electron chi connectivity index (χ0n) is 11.0. The van der Waals surface area contributed by atoms with Gasteiger partial charge in [0.15, 0.2) is 0 Å². The molecule has 5 nitrogen and oxygen atoms in total. The summed E-state index contributed by atoms with van der Waals surface area (Å²) in [6.07, 6.45) is 1.68. The Bertz CT molecular complexity index is 690. The van der Waals surface area contributed by atoms with Crippen molar-refractivity contribution in [1.29, 1.82) is 5.26 Å². The molecule has 2 aromatic rings. The quantitative estimate of drug-likeness (QED) is 0.916. The van der Waals surface area contributed by atoms with Gasteiger partial charge in [-0.3, -0.25) is 9.78 Å². The minimum atomic E-state index is -0.563. The van der Waals surface area contributed by atoms with E-state index in [4.69, 9.17) is 15.7 Å². The van der Waals surface area contributed by atoms with E-state index in [1.165, 1.54) is 0 Å². The lowest BCUT2D eigenvalue weighted by molar-refractivity contribution is 0.100. The van der Waals surface area contributed by atoms with Crippen LogP contribution in [-0.4, -0.2) is 18.0 Å². The van der Waals surface area contributed by atoms with Crippen LogP contribution in [0.1, 0.15) is 16.1 Å². The van der Waals surface area contributed by atoms with E-state index in [1.54, 1.807) is 25.4 Å². The first-order chi connectivity index (χ1) is 9.67. The third kappa shape index (κ3) is 2.59. The maximum atomic E-state index is 11.6. The summed E-state index contributed by atoms with van der Waals surface area (Å²) in [5, 5.41) is 8.69. The van der Waals surface area contributed by atoms with Gasteiger partial charge in [0.2, 0.25) is 5.91 Å². The summed E-state index contributed by atoms with van der Waals surface area (Å²) in [6, 6.07) is 10.8. The number of pyridine rings is 1. The second-order valence-electron chi connectivity index (χ2n) is 4.12. The molecule has 0 fully saturated rings. The molecule has 100 valence electrons. The van der Waals surface area contributed by atoms with E-state index in [2.05, 4.69) is 4.98 Å². The number of ether oxygens (including phenoxy) is 1. The monoisotopic (exact) mass is 267 g/mol. The maximum absolute atomic E-state index is 11.6. The Morgan fingerprint density at radius 1 is 1.40 bits per heavy atom. The molecule has 0 saturated heterocycles. The van der Waals surface area contributed by atoms with E-state index >= 15 is 0 Å². The lowest BCUT2D eigenvalue weighted by Crippen LogP contribution is -2.13. The molecule has 1 aromatic carbocycles. The first kappa shape index (κ1) is 13.6. The summed E-state index contributed by atoms with van der Waals surface area (Å²) in [5.41, 5.74) is 7.59. The Hall–Kier alpha value is -2.87. The summed E-state index contributed by atoms with van der Waals surface area (Å²) in [7, 11) is 1.56. The molecule has 2 N–H and O–H groups in total. The zero-order chi connectivity index (χ0) is 14.5. The Morgan fingerprint density at radius 3 is 2.80 bits per heavy atom. The van der Waals surface area contributed by atoms with E-state index in [9.17, 15) is 4.79 Å². The molecule has 0 aliphatic carbocycles. The molecular formula is C15H13N3O2. The second-order valence-corrected chi connectivity index (χ2v) is 4.12. The molecule has 5 heteroatoms. The summed E-state index contributed by atoms with van der Waals surface area (Å²) in [5.74, 6) is 0.0670. The van der Waals surface area contributed by atoms with Gasteiger partial charge in [0, 0.05) is 17.3 Å². The normalized spacial score (nSPS) is 9.80. The van der Waals surface area contributed by atoms with Gasteiger partial charge in [-0.2, -0.15) is 5.26 Å². The summed E-state index contributed by atoms with van der Waals surface area (Å²) < 4.78 is 5.28. The highest BCUT2D eigenvalue weighted by atomic mass is 16.5. The zero-order valence-corrected chi connectivity index (χ0v) is 11.0. The number of hydrogen-bond donors (Lipinski definition) is 1. The molecule has 0 saturated carbocycles. The van der Waals surface area contributed by atoms with Gasteiger partial charge in [-0.1, -0.05) is 18.2 Å². The summed E-state index contributed by atoms with van der Waals surface area (Å²) in [4.78, 5) is 15.8. The maximum Gasteiger partial charge on any atom is 0.249 e. The van der Waals surface area contributed by atoms with Crippen molar-refractivity contribution in [1.82, 2.24) is 4.98 Å².